The average molecular weight is 590 g/mol. The first-order valence-corrected chi connectivity index (χ1v) is 14.5. The zero-order valence-corrected chi connectivity index (χ0v) is 26.5. The van der Waals surface area contributed by atoms with Gasteiger partial charge in [-0.3, -0.25) is 0 Å². The van der Waals surface area contributed by atoms with E-state index in [2.05, 4.69) is 0 Å². The highest BCUT2D eigenvalue weighted by Gasteiger charge is 2.50. The molecule has 0 aromatic heterocycles. The fraction of sp³-hybridized carbons (Fsp3) is 0.656. The van der Waals surface area contributed by atoms with Crippen LogP contribution in [0.1, 0.15) is 71.7 Å². The number of hydrogen-bond donors (Lipinski definition) is 0. The Morgan fingerprint density at radius 3 is 2.40 bits per heavy atom. The van der Waals surface area contributed by atoms with E-state index in [1.807, 2.05) is 45.8 Å². The predicted octanol–water partition coefficient (Wildman–Crippen LogP) is 4.51. The van der Waals surface area contributed by atoms with Crippen LogP contribution in [0.15, 0.2) is 41.7 Å². The van der Waals surface area contributed by atoms with E-state index >= 15 is 0 Å². The smallest absolute Gasteiger partial charge is 0.340 e. The summed E-state index contributed by atoms with van der Waals surface area (Å²) in [5.41, 5.74) is -0.308. The van der Waals surface area contributed by atoms with Crippen molar-refractivity contribution in [1.82, 2.24) is 4.90 Å². The van der Waals surface area contributed by atoms with Gasteiger partial charge in [-0.25, -0.2) is 9.59 Å². The summed E-state index contributed by atoms with van der Waals surface area (Å²) in [5, 5.41) is 0. The van der Waals surface area contributed by atoms with Crippen LogP contribution in [-0.4, -0.2) is 86.4 Å². The number of hydrogen-bond acceptors (Lipinski definition) is 10. The fourth-order valence-electron chi connectivity index (χ4n) is 5.80. The molecule has 0 N–H and O–H groups in total. The van der Waals surface area contributed by atoms with Gasteiger partial charge in [0.15, 0.2) is 12.4 Å². The number of rotatable bonds is 12. The summed E-state index contributed by atoms with van der Waals surface area (Å²) in [5.74, 6) is -2.68. The maximum atomic E-state index is 13.3. The average Bonchev–Trinajstić information content (AvgIpc) is 2.94. The molecule has 42 heavy (non-hydrogen) atoms. The van der Waals surface area contributed by atoms with E-state index in [1.165, 1.54) is 0 Å². The van der Waals surface area contributed by atoms with E-state index in [0.29, 0.717) is 29.7 Å². The van der Waals surface area contributed by atoms with Gasteiger partial charge in [0, 0.05) is 32.8 Å². The molecule has 1 aromatic carbocycles. The Bertz CT molecular complexity index is 1130. The molecule has 2 aliphatic rings. The molecular formula is C32H47NO9. The Morgan fingerprint density at radius 1 is 1.19 bits per heavy atom. The van der Waals surface area contributed by atoms with Gasteiger partial charge in [-0.05, 0) is 59.8 Å². The molecule has 234 valence electrons. The third kappa shape index (κ3) is 7.78. The molecule has 1 fully saturated rings. The van der Waals surface area contributed by atoms with Crippen molar-refractivity contribution in [3.05, 3.63) is 47.2 Å². The molecule has 0 aliphatic carbocycles. The van der Waals surface area contributed by atoms with E-state index in [-0.39, 0.29) is 18.1 Å². The lowest BCUT2D eigenvalue weighted by Crippen LogP contribution is -2.59. The normalized spacial score (nSPS) is 27.7. The van der Waals surface area contributed by atoms with E-state index in [9.17, 15) is 14.4 Å². The quantitative estimate of drug-likeness (QED) is 0.255. The molecule has 1 saturated heterocycles. The first-order valence-electron chi connectivity index (χ1n) is 14.5. The summed E-state index contributed by atoms with van der Waals surface area (Å²) < 4.78 is 37.0. The number of cyclic esters (lactones) is 1. The topological polar surface area (TPSA) is 110 Å². The Morgan fingerprint density at radius 2 is 1.83 bits per heavy atom. The van der Waals surface area contributed by atoms with Gasteiger partial charge in [-0.2, -0.15) is 0 Å². The van der Waals surface area contributed by atoms with Crippen LogP contribution in [0.5, 0.6) is 0 Å². The van der Waals surface area contributed by atoms with Crippen molar-refractivity contribution in [3.8, 4) is 0 Å². The van der Waals surface area contributed by atoms with Crippen LogP contribution in [0.4, 0.5) is 0 Å². The second-order valence-electron chi connectivity index (χ2n) is 12.4. The van der Waals surface area contributed by atoms with Crippen molar-refractivity contribution in [2.24, 2.45) is 11.8 Å². The second-order valence-corrected chi connectivity index (χ2v) is 12.4. The molecular weight excluding hydrogens is 542 g/mol. The fourth-order valence-corrected chi connectivity index (χ4v) is 5.80. The van der Waals surface area contributed by atoms with Gasteiger partial charge in [-0.1, -0.05) is 32.0 Å². The second kappa shape index (κ2) is 13.7. The predicted molar refractivity (Wildman–Crippen MR) is 155 cm³/mol. The number of esters is 2. The van der Waals surface area contributed by atoms with Crippen LogP contribution in [-0.2, 0) is 38.0 Å². The molecule has 0 spiro atoms. The SMILES string of the molecule is CO[C@](C)(C[C@@H](C)C=O)[C@H](OC1OC(C)CC(N(C)C)C1OC(=O)c1ccccc1)[C@@H](C)C1=C(C)C(=O)OC(C)(C)O1. The maximum Gasteiger partial charge on any atom is 0.340 e. The standard InChI is InChI=1S/C32H47NO9/c1-19(18-34)17-32(7,37-10)27(21(3)25-22(4)28(35)42-31(5,6)41-25)40-30-26(24(33(8)9)16-20(2)38-30)39-29(36)23-14-12-11-13-15-23/h11-15,18-21,24,26-27,30H,16-17H2,1-10H3/t19-,20?,21+,24?,26?,27-,30?,32-/m1/s1. The first-order chi connectivity index (χ1) is 19.6. The van der Waals surface area contributed by atoms with Gasteiger partial charge in [0.05, 0.1) is 35.0 Å². The molecule has 10 heteroatoms. The number of carbonyl (C=O) groups is 3. The summed E-state index contributed by atoms with van der Waals surface area (Å²) in [7, 11) is 5.40. The van der Waals surface area contributed by atoms with Crippen molar-refractivity contribution in [3.63, 3.8) is 0 Å². The van der Waals surface area contributed by atoms with Gasteiger partial charge in [0.25, 0.3) is 0 Å². The van der Waals surface area contributed by atoms with Crippen LogP contribution < -0.4 is 0 Å². The van der Waals surface area contributed by atoms with Gasteiger partial charge in [-0.15, -0.1) is 0 Å². The van der Waals surface area contributed by atoms with Crippen molar-refractivity contribution in [2.75, 3.05) is 21.2 Å². The minimum absolute atomic E-state index is 0.214. The summed E-state index contributed by atoms with van der Waals surface area (Å²) in [6.07, 6.45) is -1.01. The minimum Gasteiger partial charge on any atom is -0.456 e. The molecule has 8 atom stereocenters. The third-order valence-corrected chi connectivity index (χ3v) is 8.05. The minimum atomic E-state index is -1.19. The molecule has 10 nitrogen and oxygen atoms in total. The maximum absolute atomic E-state index is 13.3. The molecule has 0 saturated carbocycles. The monoisotopic (exact) mass is 589 g/mol. The van der Waals surface area contributed by atoms with E-state index < -0.39 is 47.7 Å². The van der Waals surface area contributed by atoms with E-state index in [0.717, 1.165) is 6.29 Å². The Balaban J connectivity index is 2.08. The summed E-state index contributed by atoms with van der Waals surface area (Å²) in [4.78, 5) is 39.8. The summed E-state index contributed by atoms with van der Waals surface area (Å²) >= 11 is 0. The highest BCUT2D eigenvalue weighted by Crippen LogP contribution is 2.41. The molecule has 2 heterocycles. The lowest BCUT2D eigenvalue weighted by Gasteiger charge is -2.48. The molecule has 4 unspecified atom stereocenters. The molecule has 1 aromatic rings. The number of carbonyl (C=O) groups excluding carboxylic acids is 3. The van der Waals surface area contributed by atoms with Gasteiger partial charge >= 0.3 is 11.9 Å². The van der Waals surface area contributed by atoms with Crippen LogP contribution in [0.25, 0.3) is 0 Å². The zero-order chi connectivity index (χ0) is 31.4. The Kier molecular flexibility index (Phi) is 11.0. The summed E-state index contributed by atoms with van der Waals surface area (Å²) in [6.45, 7) is 12.5. The summed E-state index contributed by atoms with van der Waals surface area (Å²) in [6, 6.07) is 8.55. The Hall–Kier alpha value is -2.79. The molecule has 2 aliphatic heterocycles. The van der Waals surface area contributed by atoms with Gasteiger partial charge in [0.1, 0.15) is 12.0 Å². The van der Waals surface area contributed by atoms with Crippen molar-refractivity contribution >= 4 is 18.2 Å². The number of ether oxygens (including phenoxy) is 6. The number of aldehydes is 1. The van der Waals surface area contributed by atoms with Crippen molar-refractivity contribution in [1.29, 1.82) is 0 Å². The van der Waals surface area contributed by atoms with E-state index in [1.54, 1.807) is 59.1 Å². The lowest BCUT2D eigenvalue weighted by atomic mass is 9.80. The first kappa shape index (κ1) is 33.7. The highest BCUT2D eigenvalue weighted by molar-refractivity contribution is 5.89. The number of benzene rings is 1. The number of methoxy groups -OCH3 is 1. The Labute approximate surface area is 249 Å². The van der Waals surface area contributed by atoms with Crippen molar-refractivity contribution < 1.29 is 42.8 Å². The largest absolute Gasteiger partial charge is 0.456 e. The molecule has 0 radical (unpaired) electrons. The van der Waals surface area contributed by atoms with Gasteiger partial charge < -0.3 is 38.1 Å². The van der Waals surface area contributed by atoms with Crippen LogP contribution in [0.3, 0.4) is 0 Å². The van der Waals surface area contributed by atoms with Crippen LogP contribution in [0.2, 0.25) is 0 Å². The highest BCUT2D eigenvalue weighted by atomic mass is 16.7. The third-order valence-electron chi connectivity index (χ3n) is 8.05. The number of likely N-dealkylation sites (N-methyl/N-ethyl adjacent to an activating group) is 1. The van der Waals surface area contributed by atoms with Crippen LogP contribution in [0, 0.1) is 11.8 Å². The van der Waals surface area contributed by atoms with E-state index in [4.69, 9.17) is 28.4 Å². The molecule has 0 amide bonds. The van der Waals surface area contributed by atoms with Gasteiger partial charge in [0.2, 0.25) is 5.79 Å². The van der Waals surface area contributed by atoms with Crippen molar-refractivity contribution in [2.45, 2.75) is 103 Å². The zero-order valence-electron chi connectivity index (χ0n) is 26.5. The molecule has 0 bridgehead atoms. The lowest BCUT2D eigenvalue weighted by molar-refractivity contribution is -0.297. The molecule has 3 rings (SSSR count). The van der Waals surface area contributed by atoms with Crippen LogP contribution >= 0.6 is 0 Å². The number of nitrogens with zero attached hydrogens (tertiary/aromatic N) is 1.